The van der Waals surface area contributed by atoms with Gasteiger partial charge in [0.05, 0.1) is 23.5 Å². The quantitative estimate of drug-likeness (QED) is 0.597. The molecule has 4 heterocycles. The van der Waals surface area contributed by atoms with Crippen LogP contribution in [-0.2, 0) is 24.3 Å². The Kier molecular flexibility index (Phi) is 6.15. The molecule has 1 aliphatic carbocycles. The Hall–Kier alpha value is -4.25. The van der Waals surface area contributed by atoms with Gasteiger partial charge in [-0.25, -0.2) is 19.9 Å². The zero-order valence-electron chi connectivity index (χ0n) is 19.9. The lowest BCUT2D eigenvalue weighted by Crippen LogP contribution is -2.40. The lowest BCUT2D eigenvalue weighted by Gasteiger charge is -2.31. The molecule has 0 radical (unpaired) electrons. The van der Waals surface area contributed by atoms with Crippen molar-refractivity contribution in [2.24, 2.45) is 5.92 Å². The van der Waals surface area contributed by atoms with Gasteiger partial charge in [0.1, 0.15) is 18.0 Å². The number of carbonyl (C=O) groups excluding carboxylic acids is 1. The van der Waals surface area contributed by atoms with Gasteiger partial charge in [-0.15, -0.1) is 0 Å². The maximum atomic E-state index is 13.3. The number of fused-ring (bicyclic) bond motifs is 1. The first-order chi connectivity index (χ1) is 17.0. The van der Waals surface area contributed by atoms with Gasteiger partial charge in [-0.3, -0.25) is 4.79 Å². The molecule has 0 fully saturated rings. The fourth-order valence-corrected chi connectivity index (χ4v) is 4.53. The molecule has 176 valence electrons. The number of carbonyl (C=O) groups is 1. The first kappa shape index (κ1) is 22.5. The zero-order chi connectivity index (χ0) is 24.4. The number of pyridine rings is 1. The van der Waals surface area contributed by atoms with Crippen molar-refractivity contribution >= 4 is 17.3 Å². The predicted molar refractivity (Wildman–Crippen MR) is 134 cm³/mol. The molecule has 1 atom stereocenters. The minimum atomic E-state index is 0.0614. The van der Waals surface area contributed by atoms with Crippen molar-refractivity contribution in [1.82, 2.24) is 29.4 Å². The van der Waals surface area contributed by atoms with E-state index in [0.717, 1.165) is 52.5 Å². The highest BCUT2D eigenvalue weighted by Gasteiger charge is 2.29. The topological polar surface area (TPSA) is 103 Å². The zero-order valence-corrected chi connectivity index (χ0v) is 19.9. The lowest BCUT2D eigenvalue weighted by atomic mass is 9.85. The second-order valence-electron chi connectivity index (χ2n) is 8.80. The molecule has 8 nitrogen and oxygen atoms in total. The number of rotatable bonds is 3. The monoisotopic (exact) mass is 465 g/mol. The van der Waals surface area contributed by atoms with Gasteiger partial charge in [0.2, 0.25) is 0 Å². The molecule has 35 heavy (non-hydrogen) atoms. The number of nitrogens with zero attached hydrogens (tertiary/aromatic N) is 6. The second kappa shape index (κ2) is 9.55. The Balaban J connectivity index is 1.44. The van der Waals surface area contributed by atoms with Crippen LogP contribution in [0.15, 0.2) is 54.8 Å². The normalized spacial score (nSPS) is 17.1. The number of nitrogen functional groups attached to an aromatic ring is 1. The Morgan fingerprint density at radius 1 is 1.14 bits per heavy atom. The summed E-state index contributed by atoms with van der Waals surface area (Å²) < 4.78 is 2.10. The average molecular weight is 466 g/mol. The van der Waals surface area contributed by atoms with E-state index in [0.29, 0.717) is 25.3 Å². The summed E-state index contributed by atoms with van der Waals surface area (Å²) in [6.45, 7) is 6.15. The third-order valence-electron chi connectivity index (χ3n) is 6.48. The van der Waals surface area contributed by atoms with E-state index in [2.05, 4.69) is 50.2 Å². The maximum Gasteiger partial charge on any atom is 0.250 e. The van der Waals surface area contributed by atoms with Crippen molar-refractivity contribution in [1.29, 1.82) is 0 Å². The molecule has 1 unspecified atom stereocenters. The molecular weight excluding hydrogens is 438 g/mol. The summed E-state index contributed by atoms with van der Waals surface area (Å²) in [4.78, 5) is 32.7. The molecular formula is C27H27N7O. The van der Waals surface area contributed by atoms with Gasteiger partial charge in [-0.1, -0.05) is 37.8 Å². The van der Waals surface area contributed by atoms with Crippen LogP contribution in [0, 0.1) is 17.8 Å². The molecule has 0 saturated carbocycles. The van der Waals surface area contributed by atoms with Crippen LogP contribution in [0.1, 0.15) is 48.6 Å². The summed E-state index contributed by atoms with van der Waals surface area (Å²) in [5, 5.41) is 0. The van der Waals surface area contributed by atoms with Crippen molar-refractivity contribution in [3.63, 3.8) is 0 Å². The molecule has 0 saturated heterocycles. The second-order valence-corrected chi connectivity index (χ2v) is 8.80. The predicted octanol–water partition coefficient (Wildman–Crippen LogP) is 3.00. The number of anilines is 1. The summed E-state index contributed by atoms with van der Waals surface area (Å²) in [7, 11) is 0. The fraction of sp³-hybridized carbons (Fsp3) is 0.296. The third kappa shape index (κ3) is 4.58. The van der Waals surface area contributed by atoms with E-state index in [1.807, 2.05) is 29.3 Å². The minimum absolute atomic E-state index is 0.0614. The van der Waals surface area contributed by atoms with Crippen LogP contribution >= 0.6 is 0 Å². The largest absolute Gasteiger partial charge is 0.384 e. The standard InChI is InChI=1S/C27H27N7O/c1-3-23-22(7-4-19-5-9-24(28)30-15-19)26(32-17-31-23)20-6-8-21(18(2)14-20)27(35)34-13-12-33-11-10-29-25(33)16-34/h5-6,8-11,15,17-18H,3,12-14,16H2,1-2H3,(H2,28,30). The van der Waals surface area contributed by atoms with Crippen LogP contribution < -0.4 is 5.73 Å². The average Bonchev–Trinajstić information content (AvgIpc) is 3.36. The number of imidazole rings is 1. The van der Waals surface area contributed by atoms with Crippen LogP contribution in [0.2, 0.25) is 0 Å². The summed E-state index contributed by atoms with van der Waals surface area (Å²) in [6.07, 6.45) is 12.4. The maximum absolute atomic E-state index is 13.3. The van der Waals surface area contributed by atoms with Crippen molar-refractivity contribution < 1.29 is 4.79 Å². The number of hydrogen-bond acceptors (Lipinski definition) is 6. The lowest BCUT2D eigenvalue weighted by molar-refractivity contribution is -0.129. The van der Waals surface area contributed by atoms with Crippen molar-refractivity contribution in [2.45, 2.75) is 39.8 Å². The van der Waals surface area contributed by atoms with Crippen LogP contribution in [0.3, 0.4) is 0 Å². The van der Waals surface area contributed by atoms with E-state index in [1.165, 1.54) is 0 Å². The highest BCUT2D eigenvalue weighted by molar-refractivity contribution is 5.95. The van der Waals surface area contributed by atoms with Crippen LogP contribution in [0.5, 0.6) is 0 Å². The molecule has 3 aromatic rings. The number of aryl methyl sites for hydroxylation is 1. The fourth-order valence-electron chi connectivity index (χ4n) is 4.53. The molecule has 2 aliphatic rings. The van der Waals surface area contributed by atoms with Crippen LogP contribution in [0.25, 0.3) is 5.57 Å². The first-order valence-corrected chi connectivity index (χ1v) is 11.8. The van der Waals surface area contributed by atoms with Crippen LogP contribution in [0.4, 0.5) is 5.82 Å². The number of nitrogens with two attached hydrogens (primary N) is 1. The van der Waals surface area contributed by atoms with Gasteiger partial charge >= 0.3 is 0 Å². The van der Waals surface area contributed by atoms with E-state index < -0.39 is 0 Å². The molecule has 2 N–H and O–H groups in total. The van der Waals surface area contributed by atoms with E-state index in [-0.39, 0.29) is 11.8 Å². The van der Waals surface area contributed by atoms with Gasteiger partial charge in [-0.2, -0.15) is 0 Å². The van der Waals surface area contributed by atoms with E-state index in [4.69, 9.17) is 5.73 Å². The molecule has 3 aromatic heterocycles. The SMILES string of the molecule is CCc1ncnc(C2=CC=C(C(=O)N3CCn4ccnc4C3)C(C)C2)c1C#Cc1ccc(N)nc1. The van der Waals surface area contributed by atoms with Crippen molar-refractivity contribution in [3.05, 3.63) is 83.1 Å². The molecule has 1 aliphatic heterocycles. The Morgan fingerprint density at radius 3 is 2.80 bits per heavy atom. The first-order valence-electron chi connectivity index (χ1n) is 11.8. The molecule has 0 bridgehead atoms. The van der Waals surface area contributed by atoms with E-state index in [9.17, 15) is 4.79 Å². The summed E-state index contributed by atoms with van der Waals surface area (Å²) >= 11 is 0. The molecule has 5 rings (SSSR count). The number of hydrogen-bond donors (Lipinski definition) is 1. The highest BCUT2D eigenvalue weighted by Crippen LogP contribution is 2.33. The van der Waals surface area contributed by atoms with E-state index >= 15 is 0 Å². The molecule has 0 aromatic carbocycles. The van der Waals surface area contributed by atoms with Crippen molar-refractivity contribution in [2.75, 3.05) is 12.3 Å². The number of aromatic nitrogens is 5. The van der Waals surface area contributed by atoms with Gasteiger partial charge in [0, 0.05) is 42.8 Å². The van der Waals surface area contributed by atoms with Gasteiger partial charge in [0.25, 0.3) is 5.91 Å². The smallest absolute Gasteiger partial charge is 0.250 e. The third-order valence-corrected chi connectivity index (χ3v) is 6.48. The van der Waals surface area contributed by atoms with Crippen LogP contribution in [-0.4, -0.2) is 41.9 Å². The van der Waals surface area contributed by atoms with Gasteiger partial charge in [0.15, 0.2) is 0 Å². The summed E-state index contributed by atoms with van der Waals surface area (Å²) in [6, 6.07) is 3.58. The molecule has 0 spiro atoms. The van der Waals surface area contributed by atoms with E-state index in [1.54, 1.807) is 24.8 Å². The number of amides is 1. The highest BCUT2D eigenvalue weighted by atomic mass is 16.2. The van der Waals surface area contributed by atoms with Gasteiger partial charge in [-0.05, 0) is 36.5 Å². The Labute approximate surface area is 204 Å². The Morgan fingerprint density at radius 2 is 2.03 bits per heavy atom. The molecule has 8 heteroatoms. The summed E-state index contributed by atoms with van der Waals surface area (Å²) in [5.41, 5.74) is 10.9. The Bertz CT molecular complexity index is 1390. The van der Waals surface area contributed by atoms with Gasteiger partial charge < -0.3 is 15.2 Å². The summed E-state index contributed by atoms with van der Waals surface area (Å²) in [5.74, 6) is 7.97. The molecule has 1 amide bonds. The number of allylic oxidation sites excluding steroid dienone is 3. The van der Waals surface area contributed by atoms with Crippen molar-refractivity contribution in [3.8, 4) is 11.8 Å². The minimum Gasteiger partial charge on any atom is -0.384 e.